The molecule has 6 nitrogen and oxygen atoms in total. The maximum absolute atomic E-state index is 12.8. The second kappa shape index (κ2) is 7.70. The molecule has 3 rings (SSSR count). The second-order valence-corrected chi connectivity index (χ2v) is 8.66. The largest absolute Gasteiger partial charge is 0.333 e. The Labute approximate surface area is 160 Å². The van der Waals surface area contributed by atoms with Crippen LogP contribution < -0.4 is 10.0 Å². The van der Waals surface area contributed by atoms with Crippen molar-refractivity contribution in [1.82, 2.24) is 10.2 Å². The van der Waals surface area contributed by atoms with Crippen molar-refractivity contribution in [3.8, 4) is 0 Å². The van der Waals surface area contributed by atoms with E-state index >= 15 is 0 Å². The molecule has 1 fully saturated rings. The molecule has 0 aromatic heterocycles. The minimum atomic E-state index is -3.70. The van der Waals surface area contributed by atoms with Gasteiger partial charge in [0.25, 0.3) is 15.9 Å². The molecule has 1 heterocycles. The standard InChI is InChI=1S/C20H25N3O3S/c1-14-4-8-18(9-5-14)22-27(25,26)19-10-6-17(7-11-19)20(24)23-13-12-21-15(2)16(23)3/h4-11,15-16,21-22H,12-13H2,1-3H3. The first-order valence-electron chi connectivity index (χ1n) is 9.02. The van der Waals surface area contributed by atoms with Gasteiger partial charge in [0.2, 0.25) is 0 Å². The number of carbonyl (C=O) groups is 1. The molecule has 2 aromatic rings. The number of rotatable bonds is 4. The summed E-state index contributed by atoms with van der Waals surface area (Å²) in [4.78, 5) is 14.7. The first-order valence-corrected chi connectivity index (χ1v) is 10.5. The van der Waals surface area contributed by atoms with Gasteiger partial charge in [-0.15, -0.1) is 0 Å². The Kier molecular flexibility index (Phi) is 5.53. The van der Waals surface area contributed by atoms with Gasteiger partial charge in [0.1, 0.15) is 0 Å². The number of carbonyl (C=O) groups excluding carboxylic acids is 1. The van der Waals surface area contributed by atoms with Crippen LogP contribution >= 0.6 is 0 Å². The minimum Gasteiger partial charge on any atom is -0.333 e. The van der Waals surface area contributed by atoms with Crippen LogP contribution in [0.4, 0.5) is 5.69 Å². The van der Waals surface area contributed by atoms with Crippen molar-refractivity contribution in [2.75, 3.05) is 17.8 Å². The number of nitrogens with one attached hydrogen (secondary N) is 2. The topological polar surface area (TPSA) is 78.5 Å². The molecule has 2 atom stereocenters. The fourth-order valence-corrected chi connectivity index (χ4v) is 4.18. The third-order valence-electron chi connectivity index (χ3n) is 5.01. The van der Waals surface area contributed by atoms with Crippen molar-refractivity contribution in [2.24, 2.45) is 0 Å². The monoisotopic (exact) mass is 387 g/mol. The first kappa shape index (κ1) is 19.4. The third-order valence-corrected chi connectivity index (χ3v) is 6.41. The predicted octanol–water partition coefficient (Wildman–Crippen LogP) is 2.62. The van der Waals surface area contributed by atoms with Gasteiger partial charge in [0, 0.05) is 36.4 Å². The summed E-state index contributed by atoms with van der Waals surface area (Å²) in [5.41, 5.74) is 2.05. The molecule has 0 saturated carbocycles. The number of hydrogen-bond donors (Lipinski definition) is 2. The summed E-state index contributed by atoms with van der Waals surface area (Å²) in [7, 11) is -3.70. The fourth-order valence-electron chi connectivity index (χ4n) is 3.12. The zero-order valence-corrected chi connectivity index (χ0v) is 16.6. The summed E-state index contributed by atoms with van der Waals surface area (Å²) in [6.45, 7) is 7.40. The van der Waals surface area contributed by atoms with E-state index in [1.54, 1.807) is 24.3 Å². The van der Waals surface area contributed by atoms with E-state index in [1.807, 2.05) is 30.9 Å². The van der Waals surface area contributed by atoms with Gasteiger partial charge in [0.15, 0.2) is 0 Å². The molecule has 1 aliphatic rings. The number of aryl methyl sites for hydroxylation is 1. The van der Waals surface area contributed by atoms with Crippen molar-refractivity contribution in [2.45, 2.75) is 37.8 Å². The summed E-state index contributed by atoms with van der Waals surface area (Å²) >= 11 is 0. The highest BCUT2D eigenvalue weighted by atomic mass is 32.2. The Morgan fingerprint density at radius 1 is 1.07 bits per heavy atom. The quantitative estimate of drug-likeness (QED) is 0.845. The number of amides is 1. The summed E-state index contributed by atoms with van der Waals surface area (Å²) in [5.74, 6) is -0.0775. The van der Waals surface area contributed by atoms with Crippen LogP contribution in [0.2, 0.25) is 0 Å². The Morgan fingerprint density at radius 2 is 1.70 bits per heavy atom. The van der Waals surface area contributed by atoms with Gasteiger partial charge >= 0.3 is 0 Å². The number of hydrogen-bond acceptors (Lipinski definition) is 4. The maximum Gasteiger partial charge on any atom is 0.261 e. The van der Waals surface area contributed by atoms with Crippen molar-refractivity contribution in [3.63, 3.8) is 0 Å². The average Bonchev–Trinajstić information content (AvgIpc) is 2.65. The van der Waals surface area contributed by atoms with Gasteiger partial charge in [0.05, 0.1) is 4.90 Å². The summed E-state index contributed by atoms with van der Waals surface area (Å²) in [6.07, 6.45) is 0. The van der Waals surface area contributed by atoms with Gasteiger partial charge in [-0.2, -0.15) is 0 Å². The number of piperazine rings is 1. The van der Waals surface area contributed by atoms with Crippen LogP contribution in [0.25, 0.3) is 0 Å². The lowest BCUT2D eigenvalue weighted by Gasteiger charge is -2.38. The fraction of sp³-hybridized carbons (Fsp3) is 0.350. The van der Waals surface area contributed by atoms with E-state index < -0.39 is 10.0 Å². The van der Waals surface area contributed by atoms with Gasteiger partial charge < -0.3 is 10.2 Å². The number of benzene rings is 2. The third kappa shape index (κ3) is 4.31. The molecule has 2 aromatic carbocycles. The molecule has 2 unspecified atom stereocenters. The number of anilines is 1. The number of sulfonamides is 1. The summed E-state index contributed by atoms with van der Waals surface area (Å²) in [5, 5.41) is 3.34. The summed E-state index contributed by atoms with van der Waals surface area (Å²) in [6, 6.07) is 13.5. The molecule has 0 bridgehead atoms. The highest BCUT2D eigenvalue weighted by Crippen LogP contribution is 2.19. The summed E-state index contributed by atoms with van der Waals surface area (Å²) < 4.78 is 27.7. The van der Waals surface area contributed by atoms with Crippen LogP contribution in [-0.4, -0.2) is 44.4 Å². The molecule has 7 heteroatoms. The van der Waals surface area contributed by atoms with Crippen LogP contribution in [0.1, 0.15) is 29.8 Å². The zero-order valence-electron chi connectivity index (χ0n) is 15.8. The normalized spacial score (nSPS) is 20.3. The lowest BCUT2D eigenvalue weighted by atomic mass is 10.1. The van der Waals surface area contributed by atoms with Gasteiger partial charge in [-0.3, -0.25) is 9.52 Å². The van der Waals surface area contributed by atoms with Crippen LogP contribution in [0.5, 0.6) is 0 Å². The SMILES string of the molecule is Cc1ccc(NS(=O)(=O)c2ccc(C(=O)N3CCNC(C)C3C)cc2)cc1. The molecule has 1 amide bonds. The van der Waals surface area contributed by atoms with E-state index in [-0.39, 0.29) is 22.9 Å². The molecule has 0 radical (unpaired) electrons. The van der Waals surface area contributed by atoms with Crippen molar-refractivity contribution < 1.29 is 13.2 Å². The van der Waals surface area contributed by atoms with Crippen molar-refractivity contribution >= 4 is 21.6 Å². The average molecular weight is 388 g/mol. The minimum absolute atomic E-state index is 0.0775. The smallest absolute Gasteiger partial charge is 0.261 e. The van der Waals surface area contributed by atoms with E-state index in [0.29, 0.717) is 17.8 Å². The Morgan fingerprint density at radius 3 is 2.33 bits per heavy atom. The van der Waals surface area contributed by atoms with E-state index in [0.717, 1.165) is 12.1 Å². The highest BCUT2D eigenvalue weighted by molar-refractivity contribution is 7.92. The molecular weight excluding hydrogens is 362 g/mol. The first-order chi connectivity index (χ1) is 12.8. The van der Waals surface area contributed by atoms with Crippen molar-refractivity contribution in [1.29, 1.82) is 0 Å². The molecule has 0 spiro atoms. The molecular formula is C20H25N3O3S. The Balaban J connectivity index is 1.76. The van der Waals surface area contributed by atoms with Crippen LogP contribution in [0.15, 0.2) is 53.4 Å². The Hall–Kier alpha value is -2.38. The van der Waals surface area contributed by atoms with Crippen LogP contribution in [0, 0.1) is 6.92 Å². The van der Waals surface area contributed by atoms with Gasteiger partial charge in [-0.25, -0.2) is 8.42 Å². The van der Waals surface area contributed by atoms with Gasteiger partial charge in [-0.05, 0) is 57.2 Å². The molecule has 0 aliphatic carbocycles. The molecule has 2 N–H and O–H groups in total. The van der Waals surface area contributed by atoms with E-state index in [4.69, 9.17) is 0 Å². The molecule has 1 aliphatic heterocycles. The highest BCUT2D eigenvalue weighted by Gasteiger charge is 2.28. The predicted molar refractivity (Wildman–Crippen MR) is 106 cm³/mol. The van der Waals surface area contributed by atoms with E-state index in [1.165, 1.54) is 12.1 Å². The molecule has 144 valence electrons. The van der Waals surface area contributed by atoms with Crippen LogP contribution in [-0.2, 0) is 10.0 Å². The zero-order chi connectivity index (χ0) is 19.6. The lowest BCUT2D eigenvalue weighted by Crippen LogP contribution is -2.57. The van der Waals surface area contributed by atoms with E-state index in [2.05, 4.69) is 17.0 Å². The van der Waals surface area contributed by atoms with E-state index in [9.17, 15) is 13.2 Å². The van der Waals surface area contributed by atoms with Gasteiger partial charge in [-0.1, -0.05) is 17.7 Å². The molecule has 27 heavy (non-hydrogen) atoms. The Bertz CT molecular complexity index is 908. The van der Waals surface area contributed by atoms with Crippen molar-refractivity contribution in [3.05, 3.63) is 59.7 Å². The second-order valence-electron chi connectivity index (χ2n) is 6.98. The lowest BCUT2D eigenvalue weighted by molar-refractivity contribution is 0.0603. The van der Waals surface area contributed by atoms with Crippen LogP contribution in [0.3, 0.4) is 0 Å². The maximum atomic E-state index is 12.8. The number of nitrogens with zero attached hydrogens (tertiary/aromatic N) is 1. The molecule has 1 saturated heterocycles.